The molecular weight excluding hydrogens is 761 g/mol. The van der Waals surface area contributed by atoms with Gasteiger partial charge in [0.1, 0.15) is 29.5 Å². The van der Waals surface area contributed by atoms with Gasteiger partial charge in [0, 0.05) is 18.5 Å². The minimum absolute atomic E-state index is 0.199. The molecule has 3 bridgehead atoms. The highest BCUT2D eigenvalue weighted by molar-refractivity contribution is 7.91. The molecule has 15 heteroatoms. The average Bonchev–Trinajstić information content (AvgIpc) is 4.00. The number of hydrogen-bond acceptors (Lipinski definition) is 10. The summed E-state index contributed by atoms with van der Waals surface area (Å²) in [6.07, 6.45) is 15.8. The van der Waals surface area contributed by atoms with Crippen LogP contribution in [0.25, 0.3) is 11.0 Å². The fourth-order valence-corrected chi connectivity index (χ4v) is 11.0. The standard InChI is InChI=1S/C43H58N6O8S/c1-42(20-21-42)58(54,55)48-40(52)43-25-29(43)14-8-4-3-5-9-16-33-39(51)49-26-27(23-36(49)38(50)47-43)22-34-31(44-32-19-18-30(56-2)24-35(32)45-34)15-10-6-7-12-28-13-11-17-37(28)57-41(53)46-33/h8,14,18-19,24,27-29,33,36-37H,3-7,9-13,15-17,20-23,25-26H2,1-2H3,(H,46,53)(H,47,50)(H,48,52)/b14-8-/t27-,28-,29-,33+,36+,37-,43-/m1/s1. The van der Waals surface area contributed by atoms with Crippen LogP contribution < -0.4 is 20.1 Å². The SMILES string of the molecule is COc1ccc2nc3c(nc2c1)C[C@@H]1C[C@H]2C(=O)N[C@]4(C(=O)NS(=O)(=O)C5(C)CC5)C[C@H]4/C=C\CCCCC[C@H](NC(=O)O[C@@H]4CCC[C@H]4CCCCC3)C(=O)N2C1. The van der Waals surface area contributed by atoms with Gasteiger partial charge in [0.15, 0.2) is 0 Å². The average molecular weight is 819 g/mol. The predicted octanol–water partition coefficient (Wildman–Crippen LogP) is 5.17. The number of rotatable bonds is 4. The molecule has 14 nitrogen and oxygen atoms in total. The number of allylic oxidation sites excluding steroid dienone is 1. The van der Waals surface area contributed by atoms with Crippen molar-refractivity contribution < 1.29 is 37.1 Å². The van der Waals surface area contributed by atoms with E-state index >= 15 is 0 Å². The molecule has 3 aliphatic carbocycles. The number of aryl methyl sites for hydroxylation is 1. The summed E-state index contributed by atoms with van der Waals surface area (Å²) in [5.74, 6) is -1.32. The number of nitrogens with zero attached hydrogens (tertiary/aromatic N) is 3. The fraction of sp³-hybridized carbons (Fsp3) is 0.674. The number of ether oxygens (including phenoxy) is 2. The van der Waals surface area contributed by atoms with Crippen LogP contribution in [0.4, 0.5) is 4.79 Å². The summed E-state index contributed by atoms with van der Waals surface area (Å²) in [6, 6.07) is 3.76. The fourth-order valence-electron chi connectivity index (χ4n) is 9.68. The molecule has 6 aliphatic rings. The van der Waals surface area contributed by atoms with E-state index in [9.17, 15) is 27.6 Å². The summed E-state index contributed by atoms with van der Waals surface area (Å²) < 4.78 is 39.3. The van der Waals surface area contributed by atoms with E-state index in [0.717, 1.165) is 87.5 Å². The van der Waals surface area contributed by atoms with Crippen LogP contribution in [-0.2, 0) is 42.0 Å². The van der Waals surface area contributed by atoms with Crippen LogP contribution >= 0.6 is 0 Å². The quantitative estimate of drug-likeness (QED) is 0.348. The first kappa shape index (κ1) is 40.5. The molecule has 1 aromatic heterocycles. The molecule has 3 N–H and O–H groups in total. The molecule has 1 aromatic carbocycles. The Labute approximate surface area is 341 Å². The first-order valence-corrected chi connectivity index (χ1v) is 23.0. The zero-order chi connectivity index (χ0) is 40.7. The second-order valence-electron chi connectivity index (χ2n) is 17.9. The van der Waals surface area contributed by atoms with E-state index in [1.54, 1.807) is 18.9 Å². The number of benzene rings is 1. The smallest absolute Gasteiger partial charge is 0.408 e. The van der Waals surface area contributed by atoms with Gasteiger partial charge < -0.3 is 25.0 Å². The summed E-state index contributed by atoms with van der Waals surface area (Å²) in [4.78, 5) is 68.8. The van der Waals surface area contributed by atoms with Gasteiger partial charge in [0.25, 0.3) is 5.91 Å². The topological polar surface area (TPSA) is 186 Å². The van der Waals surface area contributed by atoms with Crippen LogP contribution in [0.3, 0.4) is 0 Å². The van der Waals surface area contributed by atoms with E-state index < -0.39 is 56.2 Å². The Balaban J connectivity index is 1.14. The molecule has 8 rings (SSSR count). The van der Waals surface area contributed by atoms with Crippen molar-refractivity contribution in [1.29, 1.82) is 0 Å². The molecule has 2 aromatic rings. The Morgan fingerprint density at radius 2 is 1.74 bits per heavy atom. The zero-order valence-corrected chi connectivity index (χ0v) is 34.6. The van der Waals surface area contributed by atoms with Crippen LogP contribution in [0.5, 0.6) is 5.75 Å². The van der Waals surface area contributed by atoms with Crippen LogP contribution in [0, 0.1) is 17.8 Å². The monoisotopic (exact) mass is 818 g/mol. The van der Waals surface area contributed by atoms with Crippen molar-refractivity contribution in [2.75, 3.05) is 13.7 Å². The minimum atomic E-state index is -3.97. The second-order valence-corrected chi connectivity index (χ2v) is 20.1. The van der Waals surface area contributed by atoms with E-state index in [0.29, 0.717) is 43.4 Å². The number of hydrogen-bond donors (Lipinski definition) is 3. The number of fused-ring (bicyclic) bond motifs is 6. The van der Waals surface area contributed by atoms with Crippen molar-refractivity contribution in [3.8, 4) is 5.75 Å². The molecule has 4 amide bonds. The van der Waals surface area contributed by atoms with E-state index in [1.807, 2.05) is 30.4 Å². The first-order chi connectivity index (χ1) is 27.9. The van der Waals surface area contributed by atoms with Crippen LogP contribution in [-0.4, -0.2) is 89.2 Å². The highest BCUT2D eigenvalue weighted by Crippen LogP contribution is 2.48. The molecule has 3 saturated carbocycles. The van der Waals surface area contributed by atoms with E-state index in [4.69, 9.17) is 19.4 Å². The third-order valence-electron chi connectivity index (χ3n) is 13.7. The molecule has 314 valence electrons. The Bertz CT molecular complexity index is 2070. The number of alkyl carbamates (subject to hydrolysis) is 1. The van der Waals surface area contributed by atoms with Gasteiger partial charge in [0.2, 0.25) is 21.8 Å². The van der Waals surface area contributed by atoms with Gasteiger partial charge in [-0.1, -0.05) is 37.8 Å². The van der Waals surface area contributed by atoms with E-state index in [-0.39, 0.29) is 43.2 Å². The predicted molar refractivity (Wildman–Crippen MR) is 216 cm³/mol. The molecule has 0 radical (unpaired) electrons. The summed E-state index contributed by atoms with van der Waals surface area (Å²) in [6.45, 7) is 1.84. The zero-order valence-electron chi connectivity index (χ0n) is 33.8. The number of carbonyl (C=O) groups is 4. The van der Waals surface area contributed by atoms with Gasteiger partial charge in [0.05, 0.1) is 34.3 Å². The summed E-state index contributed by atoms with van der Waals surface area (Å²) in [5.41, 5.74) is 1.72. The van der Waals surface area contributed by atoms with Gasteiger partial charge in [-0.25, -0.2) is 23.2 Å². The first-order valence-electron chi connectivity index (χ1n) is 21.5. The Hall–Kier alpha value is -4.27. The Morgan fingerprint density at radius 1 is 0.966 bits per heavy atom. The maximum Gasteiger partial charge on any atom is 0.408 e. The molecule has 3 aliphatic heterocycles. The normalized spacial score (nSPS) is 32.4. The van der Waals surface area contributed by atoms with Crippen molar-refractivity contribution in [3.05, 3.63) is 41.7 Å². The number of sulfonamides is 1. The number of nitrogens with one attached hydrogen (secondary N) is 3. The number of aromatic nitrogens is 2. The molecule has 0 spiro atoms. The van der Waals surface area contributed by atoms with Crippen molar-refractivity contribution in [2.24, 2.45) is 17.8 Å². The lowest BCUT2D eigenvalue weighted by atomic mass is 9.95. The van der Waals surface area contributed by atoms with E-state index in [1.165, 1.54) is 0 Å². The minimum Gasteiger partial charge on any atom is -0.497 e. The van der Waals surface area contributed by atoms with Gasteiger partial charge >= 0.3 is 6.09 Å². The number of carbonyl (C=O) groups excluding carboxylic acids is 4. The Kier molecular flexibility index (Phi) is 11.5. The lowest BCUT2D eigenvalue weighted by Crippen LogP contribution is -2.58. The molecule has 58 heavy (non-hydrogen) atoms. The summed E-state index contributed by atoms with van der Waals surface area (Å²) in [7, 11) is -2.36. The number of amides is 4. The second kappa shape index (κ2) is 16.4. The van der Waals surface area contributed by atoms with Crippen molar-refractivity contribution in [2.45, 2.75) is 151 Å². The van der Waals surface area contributed by atoms with Crippen LogP contribution in [0.15, 0.2) is 30.4 Å². The maximum atomic E-state index is 14.8. The van der Waals surface area contributed by atoms with Crippen molar-refractivity contribution in [1.82, 2.24) is 30.2 Å². The summed E-state index contributed by atoms with van der Waals surface area (Å²) >= 11 is 0. The lowest BCUT2D eigenvalue weighted by Gasteiger charge is -2.30. The van der Waals surface area contributed by atoms with Gasteiger partial charge in [-0.3, -0.25) is 19.1 Å². The number of methoxy groups -OCH3 is 1. The van der Waals surface area contributed by atoms with Crippen LogP contribution in [0.2, 0.25) is 0 Å². The molecule has 4 fully saturated rings. The molecule has 4 heterocycles. The lowest BCUT2D eigenvalue weighted by molar-refractivity contribution is -0.141. The third-order valence-corrected chi connectivity index (χ3v) is 15.9. The van der Waals surface area contributed by atoms with Gasteiger partial charge in [-0.2, -0.15) is 0 Å². The van der Waals surface area contributed by atoms with Gasteiger partial charge in [-0.05, 0) is 121 Å². The maximum absolute atomic E-state index is 14.8. The third kappa shape index (κ3) is 8.42. The van der Waals surface area contributed by atoms with Gasteiger partial charge in [-0.15, -0.1) is 0 Å². The van der Waals surface area contributed by atoms with Crippen LogP contribution in [0.1, 0.15) is 121 Å². The van der Waals surface area contributed by atoms with E-state index in [2.05, 4.69) is 15.4 Å². The molecular formula is C43H58N6O8S. The van der Waals surface area contributed by atoms with Crippen molar-refractivity contribution in [3.63, 3.8) is 0 Å². The summed E-state index contributed by atoms with van der Waals surface area (Å²) in [5, 5.41) is 5.92. The molecule has 1 saturated heterocycles. The largest absolute Gasteiger partial charge is 0.497 e. The highest BCUT2D eigenvalue weighted by Gasteiger charge is 2.63. The molecule has 7 atom stereocenters. The molecule has 0 unspecified atom stereocenters. The van der Waals surface area contributed by atoms with Crippen molar-refractivity contribution >= 4 is 44.9 Å². The Morgan fingerprint density at radius 3 is 2.55 bits per heavy atom. The highest BCUT2D eigenvalue weighted by atomic mass is 32.2.